The van der Waals surface area contributed by atoms with Gasteiger partial charge in [-0.25, -0.2) is 4.39 Å². The van der Waals surface area contributed by atoms with Crippen molar-refractivity contribution >= 4 is 23.0 Å². The van der Waals surface area contributed by atoms with E-state index < -0.39 is 0 Å². The van der Waals surface area contributed by atoms with Crippen LogP contribution >= 0.6 is 12.2 Å². The van der Waals surface area contributed by atoms with Crippen LogP contribution in [0, 0.1) is 19.7 Å². The lowest BCUT2D eigenvalue weighted by Crippen LogP contribution is -2.30. The number of aromatic nitrogens is 2. The molecule has 4 aromatic rings. The van der Waals surface area contributed by atoms with Crippen molar-refractivity contribution in [3.05, 3.63) is 114 Å². The van der Waals surface area contributed by atoms with Crippen LogP contribution in [0.1, 0.15) is 34.6 Å². The minimum absolute atomic E-state index is 0.160. The Balaban J connectivity index is 1.69. The Morgan fingerprint density at radius 2 is 1.75 bits per heavy atom. The highest BCUT2D eigenvalue weighted by molar-refractivity contribution is 7.80. The van der Waals surface area contributed by atoms with Crippen LogP contribution in [-0.2, 0) is 0 Å². The quantitative estimate of drug-likeness (QED) is 0.405. The average molecular weight is 443 g/mol. The van der Waals surface area contributed by atoms with Gasteiger partial charge in [-0.3, -0.25) is 4.98 Å². The molecule has 1 fully saturated rings. The molecule has 0 saturated carbocycles. The molecule has 2 atom stereocenters. The standard InChI is InChI=1S/C26H23FN4S/c1-17-8-3-4-10-22(17)30-15-7-11-23(30)25-24(21-9-5-6-14-28-21)29-26(32)31(25)19-12-13-20(27)18(2)16-19/h3-16,24-25H,1-2H3,(H,29,32)/t24-,25+/m0/s1. The number of benzene rings is 2. The van der Waals surface area contributed by atoms with Gasteiger partial charge in [0.2, 0.25) is 0 Å². The van der Waals surface area contributed by atoms with Crippen molar-refractivity contribution in [2.24, 2.45) is 0 Å². The zero-order valence-electron chi connectivity index (χ0n) is 17.9. The van der Waals surface area contributed by atoms with Gasteiger partial charge in [0.05, 0.1) is 11.7 Å². The maximum atomic E-state index is 14.0. The number of pyridine rings is 1. The first-order chi connectivity index (χ1) is 15.5. The zero-order valence-corrected chi connectivity index (χ0v) is 18.7. The Hall–Kier alpha value is -3.51. The summed E-state index contributed by atoms with van der Waals surface area (Å²) in [6.07, 6.45) is 3.87. The molecule has 160 valence electrons. The van der Waals surface area contributed by atoms with Crippen molar-refractivity contribution in [3.63, 3.8) is 0 Å². The highest BCUT2D eigenvalue weighted by Crippen LogP contribution is 2.42. The molecule has 0 amide bonds. The van der Waals surface area contributed by atoms with E-state index in [9.17, 15) is 4.39 Å². The van der Waals surface area contributed by atoms with Gasteiger partial charge in [-0.05, 0) is 85.7 Å². The largest absolute Gasteiger partial charge is 0.351 e. The van der Waals surface area contributed by atoms with Crippen LogP contribution in [0.25, 0.3) is 5.69 Å². The summed E-state index contributed by atoms with van der Waals surface area (Å²) >= 11 is 5.80. The molecule has 6 heteroatoms. The van der Waals surface area contributed by atoms with Gasteiger partial charge in [-0.2, -0.15) is 0 Å². The van der Waals surface area contributed by atoms with Gasteiger partial charge in [0.25, 0.3) is 0 Å². The van der Waals surface area contributed by atoms with Gasteiger partial charge < -0.3 is 14.8 Å². The van der Waals surface area contributed by atoms with Crippen LogP contribution in [0.2, 0.25) is 0 Å². The van der Waals surface area contributed by atoms with Gasteiger partial charge >= 0.3 is 0 Å². The lowest BCUT2D eigenvalue weighted by Gasteiger charge is -2.29. The van der Waals surface area contributed by atoms with Crippen LogP contribution in [0.15, 0.2) is 85.2 Å². The lowest BCUT2D eigenvalue weighted by atomic mass is 10.00. The molecule has 2 aromatic carbocycles. The normalized spacial score (nSPS) is 18.1. The Labute approximate surface area is 192 Å². The summed E-state index contributed by atoms with van der Waals surface area (Å²) < 4.78 is 16.2. The number of hydrogen-bond donors (Lipinski definition) is 1. The zero-order chi connectivity index (χ0) is 22.2. The molecule has 0 spiro atoms. The highest BCUT2D eigenvalue weighted by atomic mass is 32.1. The van der Waals surface area contributed by atoms with E-state index in [1.54, 1.807) is 19.2 Å². The lowest BCUT2D eigenvalue weighted by molar-refractivity contribution is 0.548. The smallest absolute Gasteiger partial charge is 0.174 e. The van der Waals surface area contributed by atoms with Crippen molar-refractivity contribution in [3.8, 4) is 5.69 Å². The van der Waals surface area contributed by atoms with Crippen molar-refractivity contribution in [2.45, 2.75) is 25.9 Å². The average Bonchev–Trinajstić information content (AvgIpc) is 3.41. The molecule has 1 aliphatic rings. The fourth-order valence-corrected chi connectivity index (χ4v) is 4.75. The van der Waals surface area contributed by atoms with E-state index in [1.807, 2.05) is 42.5 Å². The number of aryl methyl sites for hydroxylation is 2. The van der Waals surface area contributed by atoms with Crippen LogP contribution < -0.4 is 10.2 Å². The summed E-state index contributed by atoms with van der Waals surface area (Å²) in [5.74, 6) is -0.229. The number of halogens is 1. The van der Waals surface area contributed by atoms with Gasteiger partial charge in [0.15, 0.2) is 5.11 Å². The molecule has 1 aliphatic heterocycles. The van der Waals surface area contributed by atoms with Gasteiger partial charge in [0, 0.05) is 29.5 Å². The molecule has 32 heavy (non-hydrogen) atoms. The van der Waals surface area contributed by atoms with E-state index in [2.05, 4.69) is 51.1 Å². The summed E-state index contributed by atoms with van der Waals surface area (Å²) in [6, 6.07) is 23.2. The van der Waals surface area contributed by atoms with E-state index in [0.29, 0.717) is 10.7 Å². The molecule has 4 nitrogen and oxygen atoms in total. The third-order valence-corrected chi connectivity index (χ3v) is 6.29. The molecule has 0 bridgehead atoms. The van der Waals surface area contributed by atoms with E-state index in [0.717, 1.165) is 22.8 Å². The monoisotopic (exact) mass is 442 g/mol. The summed E-state index contributed by atoms with van der Waals surface area (Å²) in [5.41, 5.74) is 5.70. The van der Waals surface area contributed by atoms with Gasteiger partial charge in [0.1, 0.15) is 11.9 Å². The minimum Gasteiger partial charge on any atom is -0.351 e. The topological polar surface area (TPSA) is 33.1 Å². The van der Waals surface area contributed by atoms with Crippen molar-refractivity contribution in [2.75, 3.05) is 4.90 Å². The first kappa shape index (κ1) is 20.4. The molecular formula is C26H23FN4S. The third-order valence-electron chi connectivity index (χ3n) is 5.98. The number of nitrogens with one attached hydrogen (secondary N) is 1. The van der Waals surface area contributed by atoms with E-state index in [4.69, 9.17) is 12.2 Å². The van der Waals surface area contributed by atoms with Crippen molar-refractivity contribution in [1.82, 2.24) is 14.9 Å². The molecule has 2 aromatic heterocycles. The van der Waals surface area contributed by atoms with Crippen LogP contribution in [0.5, 0.6) is 0 Å². The molecular weight excluding hydrogens is 419 g/mol. The maximum absolute atomic E-state index is 14.0. The predicted octanol–water partition coefficient (Wildman–Crippen LogP) is 5.81. The molecule has 5 rings (SSSR count). The molecule has 0 aliphatic carbocycles. The SMILES string of the molecule is Cc1cc(N2C(=S)N[C@@H](c3ccccn3)[C@H]2c2cccn2-c2ccccc2C)ccc1F. The number of anilines is 1. The van der Waals surface area contributed by atoms with Crippen LogP contribution in [-0.4, -0.2) is 14.7 Å². The first-order valence-electron chi connectivity index (χ1n) is 10.5. The number of rotatable bonds is 4. The summed E-state index contributed by atoms with van der Waals surface area (Å²) in [4.78, 5) is 6.69. The number of hydrogen-bond acceptors (Lipinski definition) is 2. The fraction of sp³-hybridized carbons (Fsp3) is 0.154. The second-order valence-corrected chi connectivity index (χ2v) is 8.41. The maximum Gasteiger partial charge on any atom is 0.174 e. The summed E-state index contributed by atoms with van der Waals surface area (Å²) in [6.45, 7) is 3.88. The molecule has 1 N–H and O–H groups in total. The highest BCUT2D eigenvalue weighted by Gasteiger charge is 2.42. The number of thiocarbonyl (C=S) groups is 1. The minimum atomic E-state index is -0.229. The molecule has 1 saturated heterocycles. The third kappa shape index (κ3) is 3.46. The van der Waals surface area contributed by atoms with Crippen LogP contribution in [0.4, 0.5) is 10.1 Å². The molecule has 0 radical (unpaired) electrons. The molecule has 3 heterocycles. The van der Waals surface area contributed by atoms with E-state index in [1.165, 1.54) is 11.6 Å². The Morgan fingerprint density at radius 1 is 0.938 bits per heavy atom. The second-order valence-electron chi connectivity index (χ2n) is 8.02. The summed E-state index contributed by atoms with van der Waals surface area (Å²) in [5, 5.41) is 4.06. The van der Waals surface area contributed by atoms with E-state index >= 15 is 0 Å². The number of nitrogens with zero attached hydrogens (tertiary/aromatic N) is 3. The van der Waals surface area contributed by atoms with Crippen molar-refractivity contribution < 1.29 is 4.39 Å². The van der Waals surface area contributed by atoms with Gasteiger partial charge in [-0.15, -0.1) is 0 Å². The van der Waals surface area contributed by atoms with Crippen LogP contribution in [0.3, 0.4) is 0 Å². The Morgan fingerprint density at radius 3 is 2.50 bits per heavy atom. The second kappa shape index (κ2) is 8.20. The molecule has 0 unspecified atom stereocenters. The van der Waals surface area contributed by atoms with Crippen molar-refractivity contribution in [1.29, 1.82) is 0 Å². The predicted molar refractivity (Wildman–Crippen MR) is 130 cm³/mol. The fourth-order valence-electron chi connectivity index (χ4n) is 4.40. The Kier molecular flexibility index (Phi) is 5.23. The number of para-hydroxylation sites is 1. The summed E-state index contributed by atoms with van der Waals surface area (Å²) in [7, 11) is 0. The first-order valence-corrected chi connectivity index (χ1v) is 11.0. The Bertz CT molecular complexity index is 1280. The van der Waals surface area contributed by atoms with E-state index in [-0.39, 0.29) is 17.9 Å². The van der Waals surface area contributed by atoms with Gasteiger partial charge in [-0.1, -0.05) is 24.3 Å².